The van der Waals surface area contributed by atoms with E-state index in [1.807, 2.05) is 6.26 Å². The van der Waals surface area contributed by atoms with Crippen LogP contribution in [0.2, 0.25) is 0 Å². The van der Waals surface area contributed by atoms with E-state index in [1.54, 1.807) is 17.0 Å². The quantitative estimate of drug-likeness (QED) is 0.625. The number of benzene rings is 1. The zero-order chi connectivity index (χ0) is 23.0. The van der Waals surface area contributed by atoms with E-state index in [0.717, 1.165) is 10.0 Å². The molecule has 0 radical (unpaired) electrons. The number of nitriles is 1. The molecule has 1 atom stereocenters. The number of phenols is 1. The van der Waals surface area contributed by atoms with Crippen molar-refractivity contribution in [1.82, 2.24) is 10.2 Å². The first-order valence-electron chi connectivity index (χ1n) is 9.73. The summed E-state index contributed by atoms with van der Waals surface area (Å²) in [6.45, 7) is 0. The molecule has 0 spiro atoms. The first-order chi connectivity index (χ1) is 15.4. The fourth-order valence-electron chi connectivity index (χ4n) is 4.09. The van der Waals surface area contributed by atoms with Crippen molar-refractivity contribution >= 4 is 34.0 Å². The molecule has 0 saturated heterocycles. The van der Waals surface area contributed by atoms with Crippen LogP contribution in [0.4, 0.5) is 5.13 Å². The Balaban J connectivity index is 1.97. The molecule has 1 unspecified atom stereocenters. The Morgan fingerprint density at radius 1 is 1.28 bits per heavy atom. The van der Waals surface area contributed by atoms with Gasteiger partial charge in [-0.3, -0.25) is 9.69 Å². The summed E-state index contributed by atoms with van der Waals surface area (Å²) in [5.74, 6) is -0.360. The third-order valence-corrected chi connectivity index (χ3v) is 7.39. The molecule has 1 aliphatic carbocycles. The molecule has 2 aromatic rings. The fourth-order valence-corrected chi connectivity index (χ4v) is 5.39. The second-order valence-electron chi connectivity index (χ2n) is 7.14. The maximum Gasteiger partial charge on any atom is 0.219 e. The molecular weight excluding hydrogens is 450 g/mol. The number of aromatic hydroxyl groups is 1. The Morgan fingerprint density at radius 2 is 1.97 bits per heavy atom. The normalized spacial score (nSPS) is 18.5. The molecule has 1 aliphatic heterocycles. The molecule has 3 N–H and O–H groups in total. The maximum atomic E-state index is 13.2. The third-order valence-electron chi connectivity index (χ3n) is 5.51. The van der Waals surface area contributed by atoms with Crippen molar-refractivity contribution in [3.8, 4) is 23.3 Å². The van der Waals surface area contributed by atoms with Crippen LogP contribution in [0, 0.1) is 11.3 Å². The summed E-state index contributed by atoms with van der Waals surface area (Å²) < 4.78 is 11.3. The molecule has 9 nitrogen and oxygen atoms in total. The minimum atomic E-state index is -0.713. The Hall–Kier alpha value is -3.23. The summed E-state index contributed by atoms with van der Waals surface area (Å²) in [6, 6.07) is 5.41. The monoisotopic (exact) mass is 471 g/mol. The molecule has 4 rings (SSSR count). The summed E-state index contributed by atoms with van der Waals surface area (Å²) in [4.78, 5) is 14.9. The highest BCUT2D eigenvalue weighted by molar-refractivity contribution is 8.00. The predicted octanol–water partition coefficient (Wildman–Crippen LogP) is 3.29. The van der Waals surface area contributed by atoms with E-state index in [4.69, 9.17) is 15.2 Å². The zero-order valence-corrected chi connectivity index (χ0v) is 19.3. The van der Waals surface area contributed by atoms with E-state index in [-0.39, 0.29) is 34.4 Å². The van der Waals surface area contributed by atoms with Crippen LogP contribution in [0.25, 0.3) is 0 Å². The lowest BCUT2D eigenvalue weighted by Gasteiger charge is -2.38. The average molecular weight is 472 g/mol. The molecule has 0 bridgehead atoms. The second kappa shape index (κ2) is 8.72. The average Bonchev–Trinajstić information content (AvgIpc) is 3.27. The number of thioether (sulfide) groups is 1. The van der Waals surface area contributed by atoms with Crippen molar-refractivity contribution < 1.29 is 19.4 Å². The standard InChI is InChI=1S/C21H21N5O4S2/c1-29-14-7-10(8-15(30-2)18(14)28)16-11(9-22)19(23)26(20-24-25-21(31-3)32-20)12-5-4-6-13(27)17(12)16/h7-8,16,28H,4-6,23H2,1-3H3. The van der Waals surface area contributed by atoms with Gasteiger partial charge in [0.2, 0.25) is 10.9 Å². The number of ketones is 1. The Morgan fingerprint density at radius 3 is 2.53 bits per heavy atom. The summed E-state index contributed by atoms with van der Waals surface area (Å²) in [7, 11) is 2.84. The van der Waals surface area contributed by atoms with Crippen molar-refractivity contribution in [2.75, 3.05) is 25.4 Å². The Bertz CT molecular complexity index is 1170. The highest BCUT2D eigenvalue weighted by Crippen LogP contribution is 2.49. The van der Waals surface area contributed by atoms with Crippen molar-refractivity contribution in [3.05, 3.63) is 40.4 Å². The highest BCUT2D eigenvalue weighted by atomic mass is 32.2. The van der Waals surface area contributed by atoms with E-state index < -0.39 is 5.92 Å². The van der Waals surface area contributed by atoms with Crippen molar-refractivity contribution in [3.63, 3.8) is 0 Å². The van der Waals surface area contributed by atoms with Crippen molar-refractivity contribution in [2.24, 2.45) is 5.73 Å². The zero-order valence-electron chi connectivity index (χ0n) is 17.7. The number of carbonyl (C=O) groups is 1. The lowest BCUT2D eigenvalue weighted by Crippen LogP contribution is -2.38. The number of rotatable bonds is 5. The lowest BCUT2D eigenvalue weighted by atomic mass is 9.75. The van der Waals surface area contributed by atoms with E-state index in [9.17, 15) is 15.2 Å². The molecule has 166 valence electrons. The minimum Gasteiger partial charge on any atom is -0.502 e. The summed E-state index contributed by atoms with van der Waals surface area (Å²) in [6.07, 6.45) is 3.56. The van der Waals surface area contributed by atoms with Crippen molar-refractivity contribution in [1.29, 1.82) is 5.26 Å². The number of allylic oxidation sites excluding steroid dienone is 3. The van der Waals surface area contributed by atoms with Gasteiger partial charge in [0.05, 0.1) is 31.8 Å². The first-order valence-corrected chi connectivity index (χ1v) is 11.8. The van der Waals surface area contributed by atoms with Gasteiger partial charge in [0.15, 0.2) is 21.6 Å². The number of phenolic OH excluding ortho intramolecular Hbond substituents is 1. The smallest absolute Gasteiger partial charge is 0.219 e. The van der Waals surface area contributed by atoms with Gasteiger partial charge >= 0.3 is 0 Å². The number of anilines is 1. The van der Waals surface area contributed by atoms with Crippen LogP contribution >= 0.6 is 23.1 Å². The molecule has 1 aromatic carbocycles. The van der Waals surface area contributed by atoms with E-state index in [0.29, 0.717) is 35.5 Å². The number of nitrogens with two attached hydrogens (primary N) is 1. The summed E-state index contributed by atoms with van der Waals surface area (Å²) in [5, 5.41) is 29.3. The molecule has 1 aromatic heterocycles. The fraction of sp³-hybridized carbons (Fsp3) is 0.333. The van der Waals surface area contributed by atoms with Gasteiger partial charge in [0.25, 0.3) is 0 Å². The number of hydrogen-bond acceptors (Lipinski definition) is 11. The van der Waals surface area contributed by atoms with Crippen LogP contribution < -0.4 is 20.1 Å². The summed E-state index contributed by atoms with van der Waals surface area (Å²) in [5.41, 5.74) is 8.53. The van der Waals surface area contributed by atoms with Gasteiger partial charge in [-0.25, -0.2) is 0 Å². The van der Waals surface area contributed by atoms with Gasteiger partial charge in [-0.15, -0.1) is 10.2 Å². The van der Waals surface area contributed by atoms with Gasteiger partial charge in [-0.1, -0.05) is 23.1 Å². The van der Waals surface area contributed by atoms with Crippen LogP contribution in [0.3, 0.4) is 0 Å². The number of methoxy groups -OCH3 is 2. The molecular formula is C21H21N5O4S2. The van der Waals surface area contributed by atoms with Crippen molar-refractivity contribution in [2.45, 2.75) is 29.5 Å². The molecule has 2 heterocycles. The van der Waals surface area contributed by atoms with Crippen LogP contribution in [0.5, 0.6) is 17.2 Å². The van der Waals surface area contributed by atoms with E-state index >= 15 is 0 Å². The summed E-state index contributed by atoms with van der Waals surface area (Å²) >= 11 is 2.81. The van der Waals surface area contributed by atoms with Gasteiger partial charge < -0.3 is 20.3 Å². The molecule has 32 heavy (non-hydrogen) atoms. The Labute approximate surface area is 193 Å². The highest BCUT2D eigenvalue weighted by Gasteiger charge is 2.41. The molecule has 0 saturated carbocycles. The molecule has 11 heteroatoms. The largest absolute Gasteiger partial charge is 0.502 e. The molecule has 2 aliphatic rings. The number of aromatic nitrogens is 2. The Kier molecular flexibility index (Phi) is 5.99. The SMILES string of the molecule is COc1cc(C2C(C#N)=C(N)N(c3nnc(SC)s3)C3=C2C(=O)CCC3)cc(OC)c1O. The number of hydrogen-bond donors (Lipinski definition) is 2. The van der Waals surface area contributed by atoms with Crippen LogP contribution in [0.1, 0.15) is 30.7 Å². The van der Waals surface area contributed by atoms with Crippen LogP contribution in [0.15, 0.2) is 39.1 Å². The minimum absolute atomic E-state index is 0.0536. The first kappa shape index (κ1) is 22.0. The number of ether oxygens (including phenoxy) is 2. The number of Topliss-reactive ketones (excluding diaryl/α,β-unsaturated/α-hetero) is 1. The molecule has 0 fully saturated rings. The van der Waals surface area contributed by atoms with Crippen LogP contribution in [-0.2, 0) is 4.79 Å². The number of nitrogens with zero attached hydrogens (tertiary/aromatic N) is 4. The second-order valence-corrected chi connectivity index (χ2v) is 9.15. The molecule has 0 amide bonds. The predicted molar refractivity (Wildman–Crippen MR) is 121 cm³/mol. The maximum absolute atomic E-state index is 13.2. The lowest BCUT2D eigenvalue weighted by molar-refractivity contribution is -0.116. The third kappa shape index (κ3) is 3.45. The van der Waals surface area contributed by atoms with E-state index in [2.05, 4.69) is 16.3 Å². The van der Waals surface area contributed by atoms with Gasteiger partial charge in [-0.05, 0) is 36.8 Å². The van der Waals surface area contributed by atoms with E-state index in [1.165, 1.54) is 37.3 Å². The van der Waals surface area contributed by atoms with Gasteiger partial charge in [0.1, 0.15) is 5.82 Å². The number of carbonyl (C=O) groups excluding carboxylic acids is 1. The van der Waals surface area contributed by atoms with Gasteiger partial charge in [-0.2, -0.15) is 5.26 Å². The van der Waals surface area contributed by atoms with Crippen LogP contribution in [-0.4, -0.2) is 41.6 Å². The van der Waals surface area contributed by atoms with Gasteiger partial charge in [0, 0.05) is 17.7 Å². The topological polar surface area (TPSA) is 135 Å².